The Kier molecular flexibility index (Phi) is 5.70. The Morgan fingerprint density at radius 3 is 2.83 bits per heavy atom. The predicted molar refractivity (Wildman–Crippen MR) is 68.8 cm³/mol. The van der Waals surface area contributed by atoms with E-state index in [-0.39, 0.29) is 18.9 Å². The lowest BCUT2D eigenvalue weighted by Crippen LogP contribution is -2.29. The SMILES string of the molecule is CCCNC(=O)COC(=O)Cc1cccc(N)c1. The number of carbonyl (C=O) groups excluding carboxylic acids is 2. The maximum Gasteiger partial charge on any atom is 0.310 e. The molecule has 0 spiro atoms. The molecule has 0 bridgehead atoms. The molecule has 0 aliphatic heterocycles. The number of nitrogen functional groups attached to an aromatic ring is 1. The molecule has 0 saturated carbocycles. The van der Waals surface area contributed by atoms with Crippen LogP contribution < -0.4 is 11.1 Å². The summed E-state index contributed by atoms with van der Waals surface area (Å²) in [5.74, 6) is -0.718. The second-order valence-electron chi connectivity index (χ2n) is 3.93. The first-order valence-corrected chi connectivity index (χ1v) is 5.88. The monoisotopic (exact) mass is 250 g/mol. The lowest BCUT2D eigenvalue weighted by Gasteiger charge is -2.06. The van der Waals surface area contributed by atoms with Crippen molar-refractivity contribution < 1.29 is 14.3 Å². The fourth-order valence-corrected chi connectivity index (χ4v) is 1.38. The van der Waals surface area contributed by atoms with Crippen LogP contribution in [0, 0.1) is 0 Å². The summed E-state index contributed by atoms with van der Waals surface area (Å²) < 4.78 is 4.85. The highest BCUT2D eigenvalue weighted by molar-refractivity contribution is 5.81. The van der Waals surface area contributed by atoms with Gasteiger partial charge in [0.2, 0.25) is 0 Å². The molecule has 5 nitrogen and oxygen atoms in total. The number of hydrogen-bond acceptors (Lipinski definition) is 4. The minimum atomic E-state index is -0.438. The average Bonchev–Trinajstić information content (AvgIpc) is 2.34. The molecule has 0 unspecified atom stereocenters. The van der Waals surface area contributed by atoms with Crippen molar-refractivity contribution in [3.05, 3.63) is 29.8 Å². The third kappa shape index (κ3) is 5.34. The van der Waals surface area contributed by atoms with Gasteiger partial charge in [0.25, 0.3) is 5.91 Å². The van der Waals surface area contributed by atoms with Gasteiger partial charge >= 0.3 is 5.97 Å². The van der Waals surface area contributed by atoms with Crippen molar-refractivity contribution in [2.45, 2.75) is 19.8 Å². The van der Waals surface area contributed by atoms with E-state index in [1.807, 2.05) is 6.92 Å². The van der Waals surface area contributed by atoms with Gasteiger partial charge in [0.05, 0.1) is 6.42 Å². The number of nitrogens with one attached hydrogen (secondary N) is 1. The quantitative estimate of drug-likeness (QED) is 0.580. The van der Waals surface area contributed by atoms with Gasteiger partial charge in [-0.1, -0.05) is 19.1 Å². The topological polar surface area (TPSA) is 81.4 Å². The third-order valence-electron chi connectivity index (χ3n) is 2.24. The number of hydrogen-bond donors (Lipinski definition) is 2. The van der Waals surface area contributed by atoms with E-state index >= 15 is 0 Å². The van der Waals surface area contributed by atoms with Crippen LogP contribution in [0.2, 0.25) is 0 Å². The Balaban J connectivity index is 2.31. The zero-order valence-corrected chi connectivity index (χ0v) is 10.4. The number of amides is 1. The minimum Gasteiger partial charge on any atom is -0.455 e. The van der Waals surface area contributed by atoms with Crippen molar-refractivity contribution >= 4 is 17.6 Å². The number of nitrogens with two attached hydrogens (primary N) is 1. The van der Waals surface area contributed by atoms with Gasteiger partial charge in [-0.3, -0.25) is 9.59 Å². The number of anilines is 1. The van der Waals surface area contributed by atoms with Crippen molar-refractivity contribution in [3.63, 3.8) is 0 Å². The highest BCUT2D eigenvalue weighted by Gasteiger charge is 2.08. The summed E-state index contributed by atoms with van der Waals surface area (Å²) in [7, 11) is 0. The standard InChI is InChI=1S/C13H18N2O3/c1-2-6-15-12(16)9-18-13(17)8-10-4-3-5-11(14)7-10/h3-5,7H,2,6,8-9,14H2,1H3,(H,15,16). The molecular formula is C13H18N2O3. The summed E-state index contributed by atoms with van der Waals surface area (Å²) in [6, 6.07) is 7.01. The summed E-state index contributed by atoms with van der Waals surface area (Å²) in [5.41, 5.74) is 6.97. The maximum absolute atomic E-state index is 11.5. The second kappa shape index (κ2) is 7.32. The predicted octanol–water partition coefficient (Wildman–Crippen LogP) is 0.881. The van der Waals surface area contributed by atoms with Gasteiger partial charge in [-0.15, -0.1) is 0 Å². The highest BCUT2D eigenvalue weighted by Crippen LogP contribution is 2.07. The Labute approximate surface area is 106 Å². The van der Waals surface area contributed by atoms with Crippen molar-refractivity contribution in [2.24, 2.45) is 0 Å². The molecule has 0 aliphatic rings. The largest absolute Gasteiger partial charge is 0.455 e. The van der Waals surface area contributed by atoms with Crippen LogP contribution in [0.4, 0.5) is 5.69 Å². The van der Waals surface area contributed by atoms with E-state index in [4.69, 9.17) is 10.5 Å². The van der Waals surface area contributed by atoms with Gasteiger partial charge in [-0.05, 0) is 24.1 Å². The lowest BCUT2D eigenvalue weighted by molar-refractivity contribution is -0.147. The molecule has 5 heteroatoms. The third-order valence-corrected chi connectivity index (χ3v) is 2.24. The maximum atomic E-state index is 11.5. The number of ether oxygens (including phenoxy) is 1. The molecule has 98 valence electrons. The van der Waals surface area contributed by atoms with Crippen LogP contribution in [0.25, 0.3) is 0 Å². The second-order valence-corrected chi connectivity index (χ2v) is 3.93. The molecule has 18 heavy (non-hydrogen) atoms. The number of carbonyl (C=O) groups is 2. The minimum absolute atomic E-state index is 0.117. The van der Waals surface area contributed by atoms with E-state index in [9.17, 15) is 9.59 Å². The van der Waals surface area contributed by atoms with Crippen LogP contribution in [-0.2, 0) is 20.7 Å². The molecular weight excluding hydrogens is 232 g/mol. The van der Waals surface area contributed by atoms with Gasteiger partial charge < -0.3 is 15.8 Å². The molecule has 0 fully saturated rings. The van der Waals surface area contributed by atoms with E-state index in [1.165, 1.54) is 0 Å². The first-order chi connectivity index (χ1) is 8.61. The normalized spacial score (nSPS) is 9.83. The zero-order chi connectivity index (χ0) is 13.4. The smallest absolute Gasteiger partial charge is 0.310 e. The summed E-state index contributed by atoms with van der Waals surface area (Å²) in [5, 5.41) is 2.62. The molecule has 0 radical (unpaired) electrons. The average molecular weight is 250 g/mol. The number of benzene rings is 1. The van der Waals surface area contributed by atoms with Crippen molar-refractivity contribution in [3.8, 4) is 0 Å². The van der Waals surface area contributed by atoms with Crippen LogP contribution >= 0.6 is 0 Å². The Morgan fingerprint density at radius 1 is 1.39 bits per heavy atom. The Morgan fingerprint density at radius 2 is 2.17 bits per heavy atom. The zero-order valence-electron chi connectivity index (χ0n) is 10.4. The molecule has 3 N–H and O–H groups in total. The van der Waals surface area contributed by atoms with Gasteiger partial charge in [0.15, 0.2) is 6.61 Å². The molecule has 0 heterocycles. The van der Waals surface area contributed by atoms with E-state index in [1.54, 1.807) is 24.3 Å². The summed E-state index contributed by atoms with van der Waals surface area (Å²) in [6.45, 7) is 2.30. The Hall–Kier alpha value is -2.04. The lowest BCUT2D eigenvalue weighted by atomic mass is 10.1. The van der Waals surface area contributed by atoms with Crippen LogP contribution in [0.1, 0.15) is 18.9 Å². The summed E-state index contributed by atoms with van der Waals surface area (Å²) in [6.07, 6.45) is 0.967. The van der Waals surface area contributed by atoms with Gasteiger partial charge in [-0.2, -0.15) is 0 Å². The van der Waals surface area contributed by atoms with Crippen LogP contribution in [-0.4, -0.2) is 25.0 Å². The fraction of sp³-hybridized carbons (Fsp3) is 0.385. The number of esters is 1. The van der Waals surface area contributed by atoms with Gasteiger partial charge in [0, 0.05) is 12.2 Å². The summed E-state index contributed by atoms with van der Waals surface area (Å²) in [4.78, 5) is 22.7. The van der Waals surface area contributed by atoms with Crippen LogP contribution in [0.5, 0.6) is 0 Å². The van der Waals surface area contributed by atoms with Gasteiger partial charge in [0.1, 0.15) is 0 Å². The van der Waals surface area contributed by atoms with Crippen molar-refractivity contribution in [1.29, 1.82) is 0 Å². The molecule has 1 aromatic rings. The molecule has 0 saturated heterocycles. The molecule has 0 atom stereocenters. The highest BCUT2D eigenvalue weighted by atomic mass is 16.5. The molecule has 0 aliphatic carbocycles. The van der Waals surface area contributed by atoms with E-state index < -0.39 is 5.97 Å². The van der Waals surface area contributed by atoms with E-state index in [0.29, 0.717) is 12.2 Å². The molecule has 1 rings (SSSR count). The molecule has 1 aromatic carbocycles. The van der Waals surface area contributed by atoms with Crippen molar-refractivity contribution in [2.75, 3.05) is 18.9 Å². The fourth-order valence-electron chi connectivity index (χ4n) is 1.38. The van der Waals surface area contributed by atoms with E-state index in [2.05, 4.69) is 5.32 Å². The first-order valence-electron chi connectivity index (χ1n) is 5.88. The Bertz CT molecular complexity index is 418. The van der Waals surface area contributed by atoms with Gasteiger partial charge in [-0.25, -0.2) is 0 Å². The number of rotatable bonds is 6. The van der Waals surface area contributed by atoms with Crippen molar-refractivity contribution in [1.82, 2.24) is 5.32 Å². The van der Waals surface area contributed by atoms with E-state index in [0.717, 1.165) is 12.0 Å². The van der Waals surface area contributed by atoms with Crippen LogP contribution in [0.15, 0.2) is 24.3 Å². The molecule has 1 amide bonds. The summed E-state index contributed by atoms with van der Waals surface area (Å²) >= 11 is 0. The van der Waals surface area contributed by atoms with Crippen LogP contribution in [0.3, 0.4) is 0 Å². The first kappa shape index (κ1) is 14.0. The molecule has 0 aromatic heterocycles.